The molecule has 1 atom stereocenters. The zero-order valence-corrected chi connectivity index (χ0v) is 16.4. The van der Waals surface area contributed by atoms with Crippen LogP contribution >= 0.6 is 0 Å². The fraction of sp³-hybridized carbons (Fsp3) is 0.611. The minimum Gasteiger partial charge on any atom is -0.465 e. The van der Waals surface area contributed by atoms with E-state index in [1.165, 1.54) is 7.11 Å². The molecule has 1 amide bonds. The molecule has 0 fully saturated rings. The van der Waals surface area contributed by atoms with Gasteiger partial charge in [0.2, 0.25) is 5.91 Å². The second-order valence-electron chi connectivity index (χ2n) is 7.37. The van der Waals surface area contributed by atoms with E-state index in [4.69, 9.17) is 4.74 Å². The number of likely N-dealkylation sites (N-methyl/N-ethyl adjacent to an activating group) is 1. The summed E-state index contributed by atoms with van der Waals surface area (Å²) in [6.07, 6.45) is 0. The Morgan fingerprint density at radius 2 is 1.80 bits per heavy atom. The van der Waals surface area contributed by atoms with Crippen LogP contribution in [0, 0.1) is 13.8 Å². The molecule has 0 bridgehead atoms. The number of esters is 1. The zero-order valence-electron chi connectivity index (χ0n) is 16.4. The Bertz CT molecular complexity index is 671. The highest BCUT2D eigenvalue weighted by molar-refractivity contribution is 6.03. The van der Waals surface area contributed by atoms with Gasteiger partial charge in [-0.25, -0.2) is 4.79 Å². The number of carbonyl (C=O) groups excluding carboxylic acids is 3. The number of ketones is 1. The summed E-state index contributed by atoms with van der Waals surface area (Å²) in [4.78, 5) is 41.4. The fourth-order valence-corrected chi connectivity index (χ4v) is 2.63. The van der Waals surface area contributed by atoms with Gasteiger partial charge in [0.05, 0.1) is 31.0 Å². The summed E-state index contributed by atoms with van der Waals surface area (Å²) in [6, 6.07) is -0.520. The number of H-pyrrole nitrogens is 1. The van der Waals surface area contributed by atoms with Crippen LogP contribution in [0.15, 0.2) is 0 Å². The molecule has 1 aromatic rings. The molecule has 0 saturated carbocycles. The van der Waals surface area contributed by atoms with E-state index in [2.05, 4.69) is 10.3 Å². The molecule has 25 heavy (non-hydrogen) atoms. The van der Waals surface area contributed by atoms with Gasteiger partial charge in [-0.3, -0.25) is 14.5 Å². The highest BCUT2D eigenvalue weighted by atomic mass is 16.5. The maximum absolute atomic E-state index is 12.8. The first-order valence-electron chi connectivity index (χ1n) is 8.22. The first-order valence-corrected chi connectivity index (χ1v) is 8.22. The van der Waals surface area contributed by atoms with E-state index in [9.17, 15) is 14.4 Å². The van der Waals surface area contributed by atoms with Crippen LogP contribution in [-0.4, -0.2) is 59.8 Å². The highest BCUT2D eigenvalue weighted by Gasteiger charge is 2.28. The topological polar surface area (TPSA) is 91.5 Å². The molecule has 140 valence electrons. The Labute approximate surface area is 149 Å². The molecule has 7 nitrogen and oxygen atoms in total. The summed E-state index contributed by atoms with van der Waals surface area (Å²) in [7, 11) is 3.02. The van der Waals surface area contributed by atoms with Crippen molar-refractivity contribution in [1.29, 1.82) is 0 Å². The number of Topliss-reactive ketones (excluding diaryl/α,β-unsaturated/α-hetero) is 1. The van der Waals surface area contributed by atoms with Gasteiger partial charge >= 0.3 is 5.97 Å². The van der Waals surface area contributed by atoms with Crippen molar-refractivity contribution in [3.63, 3.8) is 0 Å². The normalized spacial score (nSPS) is 12.8. The van der Waals surface area contributed by atoms with Crippen molar-refractivity contribution in [3.05, 3.63) is 22.5 Å². The van der Waals surface area contributed by atoms with Gasteiger partial charge in [0.1, 0.15) is 0 Å². The van der Waals surface area contributed by atoms with Gasteiger partial charge in [-0.05, 0) is 54.2 Å². The van der Waals surface area contributed by atoms with Crippen molar-refractivity contribution >= 4 is 17.7 Å². The highest BCUT2D eigenvalue weighted by Crippen LogP contribution is 2.21. The lowest BCUT2D eigenvalue weighted by atomic mass is 10.0. The predicted octanol–water partition coefficient (Wildman–Crippen LogP) is 1.84. The molecule has 1 rings (SSSR count). The summed E-state index contributed by atoms with van der Waals surface area (Å²) >= 11 is 0. The number of aryl methyl sites for hydroxylation is 1. The van der Waals surface area contributed by atoms with E-state index in [-0.39, 0.29) is 23.8 Å². The lowest BCUT2D eigenvalue weighted by Crippen LogP contribution is -2.48. The predicted molar refractivity (Wildman–Crippen MR) is 95.9 cm³/mol. The van der Waals surface area contributed by atoms with Crippen molar-refractivity contribution in [1.82, 2.24) is 15.2 Å². The van der Waals surface area contributed by atoms with E-state index >= 15 is 0 Å². The molecule has 7 heteroatoms. The van der Waals surface area contributed by atoms with Gasteiger partial charge in [0, 0.05) is 11.2 Å². The molecule has 1 heterocycles. The molecule has 0 aliphatic rings. The molecule has 0 aliphatic carbocycles. The summed E-state index contributed by atoms with van der Waals surface area (Å²) in [5.74, 6) is -0.804. The minimum absolute atomic E-state index is 0.104. The number of methoxy groups -OCH3 is 1. The van der Waals surface area contributed by atoms with Crippen molar-refractivity contribution in [2.75, 3.05) is 20.7 Å². The lowest BCUT2D eigenvalue weighted by Gasteiger charge is -2.26. The maximum atomic E-state index is 12.8. The second-order valence-corrected chi connectivity index (χ2v) is 7.37. The zero-order chi connectivity index (χ0) is 19.5. The molecule has 0 aromatic carbocycles. The first kappa shape index (κ1) is 20.9. The second kappa shape index (κ2) is 7.82. The third kappa shape index (κ3) is 5.16. The molecule has 0 radical (unpaired) electrons. The molecule has 0 unspecified atom stereocenters. The van der Waals surface area contributed by atoms with Crippen molar-refractivity contribution in [2.45, 2.75) is 53.1 Å². The van der Waals surface area contributed by atoms with Crippen molar-refractivity contribution in [3.8, 4) is 0 Å². The van der Waals surface area contributed by atoms with E-state index in [0.717, 1.165) is 0 Å². The SMILES string of the molecule is COC(=O)c1c(C)[nH]c(C(=O)[C@@H](C)N(C)CC(=O)NC(C)(C)C)c1C. The largest absolute Gasteiger partial charge is 0.465 e. The number of aromatic nitrogens is 1. The number of carbonyl (C=O) groups is 3. The number of rotatable bonds is 6. The van der Waals surface area contributed by atoms with E-state index in [0.29, 0.717) is 22.5 Å². The number of nitrogens with one attached hydrogen (secondary N) is 2. The molecule has 1 aromatic heterocycles. The standard InChI is InChI=1S/C18H29N3O4/c1-10-14(17(24)25-8)11(2)19-15(10)16(23)12(3)21(7)9-13(22)20-18(4,5)6/h12,19H,9H2,1-8H3,(H,20,22)/t12-/m1/s1. The smallest absolute Gasteiger partial charge is 0.339 e. The number of nitrogens with zero attached hydrogens (tertiary/aromatic N) is 1. The summed E-state index contributed by atoms with van der Waals surface area (Å²) in [5, 5.41) is 2.87. The molecular formula is C18H29N3O4. The van der Waals surface area contributed by atoms with Gasteiger partial charge in [-0.2, -0.15) is 0 Å². The maximum Gasteiger partial charge on any atom is 0.339 e. The minimum atomic E-state index is -0.520. The van der Waals surface area contributed by atoms with Gasteiger partial charge < -0.3 is 15.0 Å². The summed E-state index contributed by atoms with van der Waals surface area (Å²) in [5.41, 5.74) is 1.58. The van der Waals surface area contributed by atoms with E-state index in [1.807, 2.05) is 20.8 Å². The Balaban J connectivity index is 2.93. The monoisotopic (exact) mass is 351 g/mol. The summed E-state index contributed by atoms with van der Waals surface area (Å²) in [6.45, 7) is 11.0. The molecule has 2 N–H and O–H groups in total. The first-order chi connectivity index (χ1) is 11.4. The summed E-state index contributed by atoms with van der Waals surface area (Å²) < 4.78 is 4.76. The van der Waals surface area contributed by atoms with Gasteiger partial charge in [-0.1, -0.05) is 0 Å². The Morgan fingerprint density at radius 3 is 2.28 bits per heavy atom. The Morgan fingerprint density at radius 1 is 1.24 bits per heavy atom. The number of amides is 1. The fourth-order valence-electron chi connectivity index (χ4n) is 2.63. The quantitative estimate of drug-likeness (QED) is 0.603. The van der Waals surface area contributed by atoms with Crippen LogP contribution in [0.5, 0.6) is 0 Å². The van der Waals surface area contributed by atoms with Gasteiger partial charge in [0.25, 0.3) is 0 Å². The van der Waals surface area contributed by atoms with Crippen molar-refractivity contribution < 1.29 is 19.1 Å². The van der Waals surface area contributed by atoms with E-state index < -0.39 is 12.0 Å². The third-order valence-electron chi connectivity index (χ3n) is 4.02. The third-order valence-corrected chi connectivity index (χ3v) is 4.02. The van der Waals surface area contributed by atoms with Crippen LogP contribution in [0.3, 0.4) is 0 Å². The molecule has 0 aliphatic heterocycles. The Hall–Kier alpha value is -2.15. The number of hydrogen-bond acceptors (Lipinski definition) is 5. The Kier molecular flexibility index (Phi) is 6.54. The molecule has 0 saturated heterocycles. The van der Waals surface area contributed by atoms with Crippen LogP contribution < -0.4 is 5.32 Å². The van der Waals surface area contributed by atoms with Crippen LogP contribution in [0.1, 0.15) is 59.8 Å². The van der Waals surface area contributed by atoms with Crippen molar-refractivity contribution in [2.24, 2.45) is 0 Å². The van der Waals surface area contributed by atoms with Gasteiger partial charge in [-0.15, -0.1) is 0 Å². The number of aromatic amines is 1. The number of hydrogen-bond donors (Lipinski definition) is 2. The average molecular weight is 351 g/mol. The molecular weight excluding hydrogens is 322 g/mol. The van der Waals surface area contributed by atoms with E-state index in [1.54, 1.807) is 32.7 Å². The van der Waals surface area contributed by atoms with Gasteiger partial charge in [0.15, 0.2) is 5.78 Å². The van der Waals surface area contributed by atoms with Crippen LogP contribution in [0.2, 0.25) is 0 Å². The number of ether oxygens (including phenoxy) is 1. The van der Waals surface area contributed by atoms with Crippen LogP contribution in [0.4, 0.5) is 0 Å². The van der Waals surface area contributed by atoms with Crippen LogP contribution in [0.25, 0.3) is 0 Å². The lowest BCUT2D eigenvalue weighted by molar-refractivity contribution is -0.123. The molecule has 0 spiro atoms. The van der Waals surface area contributed by atoms with Crippen LogP contribution in [-0.2, 0) is 9.53 Å². The average Bonchev–Trinajstić information content (AvgIpc) is 2.77.